The van der Waals surface area contributed by atoms with Crippen molar-refractivity contribution in [3.63, 3.8) is 0 Å². The molecule has 1 saturated heterocycles. The lowest BCUT2D eigenvalue weighted by atomic mass is 10.1. The third-order valence-electron chi connectivity index (χ3n) is 6.21. The number of methoxy groups -OCH3 is 1. The van der Waals surface area contributed by atoms with Crippen LogP contribution in [0, 0.1) is 0 Å². The first-order chi connectivity index (χ1) is 17.3. The summed E-state index contributed by atoms with van der Waals surface area (Å²) in [5, 5.41) is 10.7. The number of anilines is 2. The lowest BCUT2D eigenvalue weighted by Crippen LogP contribution is -2.43. The van der Waals surface area contributed by atoms with E-state index in [-0.39, 0.29) is 11.9 Å². The molecule has 1 aromatic carbocycles. The first-order valence-corrected chi connectivity index (χ1v) is 11.9. The quantitative estimate of drug-likeness (QED) is 0.417. The van der Waals surface area contributed by atoms with Gasteiger partial charge in [0.1, 0.15) is 5.52 Å². The highest BCUT2D eigenvalue weighted by molar-refractivity contribution is 5.90. The number of amides is 1. The summed E-state index contributed by atoms with van der Waals surface area (Å²) in [6, 6.07) is 7.43. The Balaban J connectivity index is 1.69. The van der Waals surface area contributed by atoms with Gasteiger partial charge in [-0.15, -0.1) is 5.10 Å². The molecule has 192 valence electrons. The number of nitrogens with one attached hydrogen (secondary N) is 2. The number of alkyl halides is 2. The Morgan fingerprint density at radius 1 is 1.33 bits per heavy atom. The number of likely N-dealkylation sites (tertiary alicyclic amines) is 1. The summed E-state index contributed by atoms with van der Waals surface area (Å²) in [7, 11) is 3.32. The minimum Gasteiger partial charge on any atom is -0.479 e. The van der Waals surface area contributed by atoms with Crippen molar-refractivity contribution in [2.24, 2.45) is 4.99 Å². The Morgan fingerprint density at radius 2 is 2.14 bits per heavy atom. The Kier molecular flexibility index (Phi) is 7.66. The zero-order valence-electron chi connectivity index (χ0n) is 20.9. The molecule has 2 N–H and O–H groups in total. The predicted molar refractivity (Wildman–Crippen MR) is 137 cm³/mol. The van der Waals surface area contributed by atoms with E-state index in [0.29, 0.717) is 48.1 Å². The molecular weight excluding hydrogens is 468 g/mol. The SMILES string of the molecule is CCC(C)=Nc1ccc(-c2ccn3nc(NC4CCC(=O)N(C)C4)nc(OC)c23)cc1NCC(F)F. The third-order valence-corrected chi connectivity index (χ3v) is 6.21. The van der Waals surface area contributed by atoms with E-state index in [1.165, 1.54) is 7.11 Å². The Labute approximate surface area is 208 Å². The van der Waals surface area contributed by atoms with Gasteiger partial charge in [-0.3, -0.25) is 9.79 Å². The number of ether oxygens (including phenoxy) is 1. The van der Waals surface area contributed by atoms with Crippen molar-refractivity contribution >= 4 is 34.5 Å². The van der Waals surface area contributed by atoms with Crippen LogP contribution in [0.25, 0.3) is 16.6 Å². The smallest absolute Gasteiger partial charge is 0.255 e. The number of fused-ring (bicyclic) bond motifs is 1. The molecule has 36 heavy (non-hydrogen) atoms. The van der Waals surface area contributed by atoms with Crippen molar-refractivity contribution < 1.29 is 18.3 Å². The molecule has 0 aliphatic carbocycles. The van der Waals surface area contributed by atoms with Crippen molar-refractivity contribution in [2.75, 3.05) is 37.9 Å². The number of nitrogens with zero attached hydrogens (tertiary/aromatic N) is 5. The van der Waals surface area contributed by atoms with Gasteiger partial charge in [0.15, 0.2) is 0 Å². The maximum absolute atomic E-state index is 12.9. The second-order valence-electron chi connectivity index (χ2n) is 8.83. The van der Waals surface area contributed by atoms with E-state index < -0.39 is 13.0 Å². The molecule has 1 fully saturated rings. The highest BCUT2D eigenvalue weighted by atomic mass is 19.3. The summed E-state index contributed by atoms with van der Waals surface area (Å²) in [4.78, 5) is 22.6. The van der Waals surface area contributed by atoms with Gasteiger partial charge in [-0.2, -0.15) is 4.98 Å². The molecule has 9 nitrogen and oxygen atoms in total. The lowest BCUT2D eigenvalue weighted by Gasteiger charge is -2.30. The van der Waals surface area contributed by atoms with Crippen molar-refractivity contribution in [3.05, 3.63) is 30.5 Å². The van der Waals surface area contributed by atoms with Crippen LogP contribution in [0.4, 0.5) is 26.1 Å². The van der Waals surface area contributed by atoms with Gasteiger partial charge < -0.3 is 20.3 Å². The van der Waals surface area contributed by atoms with Gasteiger partial charge in [0.2, 0.25) is 17.7 Å². The largest absolute Gasteiger partial charge is 0.479 e. The van der Waals surface area contributed by atoms with Crippen molar-refractivity contribution in [1.29, 1.82) is 0 Å². The maximum Gasteiger partial charge on any atom is 0.255 e. The molecule has 2 aromatic heterocycles. The molecule has 0 radical (unpaired) electrons. The van der Waals surface area contributed by atoms with Gasteiger partial charge in [0, 0.05) is 43.5 Å². The minimum atomic E-state index is -2.49. The van der Waals surface area contributed by atoms with Crippen LogP contribution in [0.1, 0.15) is 33.1 Å². The number of halogens is 2. The van der Waals surface area contributed by atoms with E-state index in [2.05, 4.69) is 25.7 Å². The molecule has 0 spiro atoms. The molecule has 0 saturated carbocycles. The highest BCUT2D eigenvalue weighted by Crippen LogP contribution is 2.36. The fraction of sp³-hybridized carbons (Fsp3) is 0.440. The van der Waals surface area contributed by atoms with Gasteiger partial charge >= 0.3 is 0 Å². The Bertz CT molecular complexity index is 1270. The van der Waals surface area contributed by atoms with E-state index in [4.69, 9.17) is 4.74 Å². The van der Waals surface area contributed by atoms with E-state index in [0.717, 1.165) is 23.3 Å². The number of hydrogen-bond acceptors (Lipinski definition) is 7. The monoisotopic (exact) mass is 499 g/mol. The second-order valence-corrected chi connectivity index (χ2v) is 8.83. The number of carbonyl (C=O) groups is 1. The van der Waals surface area contributed by atoms with E-state index in [1.807, 2.05) is 32.0 Å². The highest BCUT2D eigenvalue weighted by Gasteiger charge is 2.24. The summed E-state index contributed by atoms with van der Waals surface area (Å²) in [5.74, 6) is 0.896. The van der Waals surface area contributed by atoms with Crippen LogP contribution >= 0.6 is 0 Å². The van der Waals surface area contributed by atoms with Crippen LogP contribution in [0.15, 0.2) is 35.5 Å². The third kappa shape index (κ3) is 5.55. The zero-order valence-corrected chi connectivity index (χ0v) is 20.9. The average molecular weight is 500 g/mol. The maximum atomic E-state index is 12.9. The number of likely N-dealkylation sites (N-methyl/N-ethyl adjacent to an activating group) is 1. The fourth-order valence-electron chi connectivity index (χ4n) is 4.16. The topological polar surface area (TPSA) is 96.2 Å². The molecule has 3 aromatic rings. The molecule has 11 heteroatoms. The van der Waals surface area contributed by atoms with E-state index in [9.17, 15) is 13.6 Å². The second kappa shape index (κ2) is 10.9. The summed E-state index contributed by atoms with van der Waals surface area (Å²) in [6.45, 7) is 3.99. The van der Waals surface area contributed by atoms with Gasteiger partial charge in [-0.05, 0) is 43.5 Å². The first kappa shape index (κ1) is 25.3. The Morgan fingerprint density at radius 3 is 2.83 bits per heavy atom. The molecule has 3 heterocycles. The summed E-state index contributed by atoms with van der Waals surface area (Å²) in [6.07, 6.45) is 1.25. The van der Waals surface area contributed by atoms with Crippen LogP contribution in [-0.4, -0.2) is 70.8 Å². The van der Waals surface area contributed by atoms with Gasteiger partial charge in [0.25, 0.3) is 6.43 Å². The molecule has 1 aliphatic rings. The van der Waals surface area contributed by atoms with Crippen LogP contribution in [0.3, 0.4) is 0 Å². The molecule has 1 aliphatic heterocycles. The number of carbonyl (C=O) groups excluding carboxylic acids is 1. The van der Waals surface area contributed by atoms with E-state index >= 15 is 0 Å². The number of rotatable bonds is 9. The van der Waals surface area contributed by atoms with Gasteiger partial charge in [-0.1, -0.05) is 13.0 Å². The normalized spacial score (nSPS) is 16.6. The van der Waals surface area contributed by atoms with Gasteiger partial charge in [0.05, 0.1) is 25.0 Å². The van der Waals surface area contributed by atoms with Crippen molar-refractivity contribution in [1.82, 2.24) is 19.5 Å². The molecule has 1 amide bonds. The van der Waals surface area contributed by atoms with Crippen molar-refractivity contribution in [3.8, 4) is 17.0 Å². The number of aromatic nitrogens is 3. The van der Waals surface area contributed by atoms with Crippen LogP contribution in [0.2, 0.25) is 0 Å². The minimum absolute atomic E-state index is 0.0352. The molecule has 0 bridgehead atoms. The predicted octanol–water partition coefficient (Wildman–Crippen LogP) is 4.62. The average Bonchev–Trinajstić information content (AvgIpc) is 3.29. The number of hydrogen-bond donors (Lipinski definition) is 2. The Hall–Kier alpha value is -3.76. The standard InChI is InChI=1S/C25H31F2N7O2/c1-5-15(2)29-19-8-6-16(12-20(19)28-13-21(26)27)18-10-11-34-23(18)24(36-4)31-25(32-34)30-17-7-9-22(35)33(3)14-17/h6,8,10-12,17,21,28H,5,7,9,13-14H2,1-4H3,(H,30,32). The van der Waals surface area contributed by atoms with Crippen LogP contribution in [0.5, 0.6) is 5.88 Å². The zero-order chi connectivity index (χ0) is 25.8. The molecule has 1 unspecified atom stereocenters. The molecular formula is C25H31F2N7O2. The van der Waals surface area contributed by atoms with E-state index in [1.54, 1.807) is 28.7 Å². The fourth-order valence-corrected chi connectivity index (χ4v) is 4.16. The summed E-state index contributed by atoms with van der Waals surface area (Å²) < 4.78 is 33.2. The lowest BCUT2D eigenvalue weighted by molar-refractivity contribution is -0.132. The van der Waals surface area contributed by atoms with Gasteiger partial charge in [-0.25, -0.2) is 13.3 Å². The summed E-state index contributed by atoms with van der Waals surface area (Å²) >= 11 is 0. The number of piperidine rings is 1. The number of benzene rings is 1. The first-order valence-electron chi connectivity index (χ1n) is 11.9. The van der Waals surface area contributed by atoms with Crippen LogP contribution in [-0.2, 0) is 4.79 Å². The number of aliphatic imine (C=N–C) groups is 1. The molecule has 4 rings (SSSR count). The van der Waals surface area contributed by atoms with Crippen molar-refractivity contribution in [2.45, 2.75) is 45.6 Å². The van der Waals surface area contributed by atoms with Crippen LogP contribution < -0.4 is 15.4 Å². The summed E-state index contributed by atoms with van der Waals surface area (Å²) in [5.41, 5.74) is 4.27. The molecule has 1 atom stereocenters.